The zero-order valence-corrected chi connectivity index (χ0v) is 17.8. The van der Waals surface area contributed by atoms with Gasteiger partial charge in [-0.05, 0) is 36.5 Å². The van der Waals surface area contributed by atoms with Crippen molar-refractivity contribution in [2.75, 3.05) is 13.2 Å². The Kier molecular flexibility index (Phi) is 6.70. The Morgan fingerprint density at radius 2 is 1.82 bits per heavy atom. The fourth-order valence-electron chi connectivity index (χ4n) is 2.09. The predicted octanol–water partition coefficient (Wildman–Crippen LogP) is 4.99. The first-order chi connectivity index (χ1) is 9.91. The second-order valence-corrected chi connectivity index (χ2v) is 18.4. The third-order valence-corrected chi connectivity index (χ3v) is 9.81. The molecule has 1 aliphatic carbocycles. The SMILES string of the molecule is CC(C)(C)[Si](C)(C)O[C@@H]1CC=C(COCC#C[Si](C)(C)C)C1. The summed E-state index contributed by atoms with van der Waals surface area (Å²) in [6, 6.07) is 0. The normalized spacial score (nSPS) is 19.6. The van der Waals surface area contributed by atoms with Gasteiger partial charge in [0.2, 0.25) is 0 Å². The van der Waals surface area contributed by atoms with Gasteiger partial charge in [-0.25, -0.2) is 0 Å². The molecule has 22 heavy (non-hydrogen) atoms. The van der Waals surface area contributed by atoms with Crippen LogP contribution in [0.3, 0.4) is 0 Å². The van der Waals surface area contributed by atoms with Crippen LogP contribution in [-0.4, -0.2) is 35.7 Å². The van der Waals surface area contributed by atoms with Crippen LogP contribution in [0.4, 0.5) is 0 Å². The van der Waals surface area contributed by atoms with Crippen LogP contribution < -0.4 is 0 Å². The molecule has 0 N–H and O–H groups in total. The molecule has 0 radical (unpaired) electrons. The molecule has 0 spiro atoms. The fraction of sp³-hybridized carbons (Fsp3) is 0.778. The molecule has 126 valence electrons. The Balaban J connectivity index is 2.33. The zero-order valence-electron chi connectivity index (χ0n) is 15.8. The Hall–Kier alpha value is -0.346. The third-order valence-electron chi connectivity index (χ3n) is 4.35. The zero-order chi connectivity index (χ0) is 17.0. The van der Waals surface area contributed by atoms with E-state index in [1.54, 1.807) is 0 Å². The van der Waals surface area contributed by atoms with E-state index in [-0.39, 0.29) is 5.04 Å². The molecule has 0 bridgehead atoms. The van der Waals surface area contributed by atoms with Gasteiger partial charge in [0.15, 0.2) is 8.32 Å². The van der Waals surface area contributed by atoms with E-state index in [2.05, 4.69) is 71.0 Å². The molecule has 1 rings (SSSR count). The highest BCUT2D eigenvalue weighted by Crippen LogP contribution is 2.39. The van der Waals surface area contributed by atoms with Crippen molar-refractivity contribution in [2.24, 2.45) is 0 Å². The maximum absolute atomic E-state index is 6.47. The minimum atomic E-state index is -1.66. The summed E-state index contributed by atoms with van der Waals surface area (Å²) in [7, 11) is -2.92. The summed E-state index contributed by atoms with van der Waals surface area (Å²) in [6.45, 7) is 19.6. The summed E-state index contributed by atoms with van der Waals surface area (Å²) < 4.78 is 12.2. The molecule has 0 fully saturated rings. The molecule has 0 saturated heterocycles. The van der Waals surface area contributed by atoms with E-state index in [0.717, 1.165) is 12.8 Å². The number of rotatable bonds is 5. The molecule has 0 aromatic carbocycles. The van der Waals surface area contributed by atoms with Gasteiger partial charge in [-0.2, -0.15) is 0 Å². The average Bonchev–Trinajstić information content (AvgIpc) is 2.72. The van der Waals surface area contributed by atoms with Gasteiger partial charge in [0, 0.05) is 0 Å². The molecule has 0 amide bonds. The third kappa shape index (κ3) is 6.83. The highest BCUT2D eigenvalue weighted by Gasteiger charge is 2.39. The summed E-state index contributed by atoms with van der Waals surface area (Å²) in [6.07, 6.45) is 4.70. The van der Waals surface area contributed by atoms with Crippen LogP contribution in [0, 0.1) is 11.5 Å². The number of ether oxygens (including phenoxy) is 1. The average molecular weight is 339 g/mol. The van der Waals surface area contributed by atoms with Crippen LogP contribution in [0.2, 0.25) is 37.8 Å². The van der Waals surface area contributed by atoms with Crippen LogP contribution in [0.5, 0.6) is 0 Å². The van der Waals surface area contributed by atoms with Gasteiger partial charge in [-0.1, -0.05) is 52.4 Å². The van der Waals surface area contributed by atoms with Gasteiger partial charge >= 0.3 is 0 Å². The first kappa shape index (κ1) is 19.7. The quantitative estimate of drug-likeness (QED) is 0.304. The van der Waals surface area contributed by atoms with Crippen molar-refractivity contribution in [2.45, 2.75) is 77.5 Å². The summed E-state index contributed by atoms with van der Waals surface area (Å²) in [5, 5.41) is 0.276. The first-order valence-electron chi connectivity index (χ1n) is 8.34. The van der Waals surface area contributed by atoms with E-state index in [0.29, 0.717) is 19.3 Å². The molecule has 0 heterocycles. The fourth-order valence-corrected chi connectivity index (χ4v) is 4.06. The number of hydrogen-bond acceptors (Lipinski definition) is 2. The van der Waals surface area contributed by atoms with E-state index < -0.39 is 16.4 Å². The minimum absolute atomic E-state index is 0.276. The van der Waals surface area contributed by atoms with Crippen molar-refractivity contribution in [3.8, 4) is 11.5 Å². The lowest BCUT2D eigenvalue weighted by molar-refractivity contribution is 0.170. The molecular weight excluding hydrogens is 304 g/mol. The van der Waals surface area contributed by atoms with E-state index >= 15 is 0 Å². The summed E-state index contributed by atoms with van der Waals surface area (Å²) in [5.41, 5.74) is 4.70. The van der Waals surface area contributed by atoms with Crippen molar-refractivity contribution >= 4 is 16.4 Å². The van der Waals surface area contributed by atoms with Crippen LogP contribution in [-0.2, 0) is 9.16 Å². The minimum Gasteiger partial charge on any atom is -0.413 e. The Bertz CT molecular complexity index is 456. The molecule has 0 unspecified atom stereocenters. The molecule has 1 atom stereocenters. The second-order valence-electron chi connectivity index (χ2n) is 8.85. The number of hydrogen-bond donors (Lipinski definition) is 0. The van der Waals surface area contributed by atoms with E-state index in [1.165, 1.54) is 5.57 Å². The van der Waals surface area contributed by atoms with E-state index in [4.69, 9.17) is 9.16 Å². The standard InChI is InChI=1S/C18H34O2Si2/c1-18(2,3)22(7,8)20-17-11-10-16(14-17)15-19-12-9-13-21(4,5)6/h10,17H,11-12,14-15H2,1-8H3/t17-/m1/s1. The molecule has 0 saturated carbocycles. The van der Waals surface area contributed by atoms with Gasteiger partial charge in [0.25, 0.3) is 0 Å². The molecule has 4 heteroatoms. The Morgan fingerprint density at radius 3 is 2.36 bits per heavy atom. The second kappa shape index (κ2) is 7.48. The van der Waals surface area contributed by atoms with Crippen LogP contribution in [0.15, 0.2) is 11.6 Å². The van der Waals surface area contributed by atoms with E-state index in [1.807, 2.05) is 0 Å². The van der Waals surface area contributed by atoms with Crippen molar-refractivity contribution in [1.82, 2.24) is 0 Å². The maximum Gasteiger partial charge on any atom is 0.192 e. The van der Waals surface area contributed by atoms with Crippen molar-refractivity contribution in [3.05, 3.63) is 11.6 Å². The summed E-state index contributed by atoms with van der Waals surface area (Å²) in [4.78, 5) is 0. The lowest BCUT2D eigenvalue weighted by atomic mass is 10.2. The Labute approximate surface area is 139 Å². The molecule has 0 aromatic rings. The smallest absolute Gasteiger partial charge is 0.192 e. The van der Waals surface area contributed by atoms with Crippen LogP contribution in [0.25, 0.3) is 0 Å². The van der Waals surface area contributed by atoms with Gasteiger partial charge in [0.05, 0.1) is 12.7 Å². The van der Waals surface area contributed by atoms with Crippen molar-refractivity contribution < 1.29 is 9.16 Å². The predicted molar refractivity (Wildman–Crippen MR) is 101 cm³/mol. The monoisotopic (exact) mass is 338 g/mol. The Morgan fingerprint density at radius 1 is 1.18 bits per heavy atom. The molecule has 0 aliphatic heterocycles. The van der Waals surface area contributed by atoms with Crippen LogP contribution >= 0.6 is 0 Å². The van der Waals surface area contributed by atoms with Crippen LogP contribution in [0.1, 0.15) is 33.6 Å². The van der Waals surface area contributed by atoms with Crippen molar-refractivity contribution in [1.29, 1.82) is 0 Å². The molecule has 2 nitrogen and oxygen atoms in total. The highest BCUT2D eigenvalue weighted by atomic mass is 28.4. The molecule has 0 aromatic heterocycles. The van der Waals surface area contributed by atoms with Gasteiger partial charge in [-0.3, -0.25) is 0 Å². The topological polar surface area (TPSA) is 18.5 Å². The maximum atomic E-state index is 6.47. The lowest BCUT2D eigenvalue weighted by Crippen LogP contribution is -2.43. The highest BCUT2D eigenvalue weighted by molar-refractivity contribution is 6.83. The van der Waals surface area contributed by atoms with Gasteiger partial charge in [-0.15, -0.1) is 5.54 Å². The lowest BCUT2D eigenvalue weighted by Gasteiger charge is -2.38. The first-order valence-corrected chi connectivity index (χ1v) is 14.7. The molecule has 1 aliphatic rings. The summed E-state index contributed by atoms with van der Waals surface area (Å²) in [5.74, 6) is 3.16. The van der Waals surface area contributed by atoms with Gasteiger partial charge < -0.3 is 9.16 Å². The molecular formula is C18H34O2Si2. The van der Waals surface area contributed by atoms with Gasteiger partial charge in [0.1, 0.15) is 14.7 Å². The summed E-state index contributed by atoms with van der Waals surface area (Å²) >= 11 is 0. The largest absolute Gasteiger partial charge is 0.413 e. The van der Waals surface area contributed by atoms with Crippen molar-refractivity contribution in [3.63, 3.8) is 0 Å². The van der Waals surface area contributed by atoms with E-state index in [9.17, 15) is 0 Å².